The highest BCUT2D eigenvalue weighted by Gasteiger charge is 2.27. The molecule has 1 aliphatic heterocycles. The number of rotatable bonds is 6. The lowest BCUT2D eigenvalue weighted by Crippen LogP contribution is -2.53. The van der Waals surface area contributed by atoms with Crippen molar-refractivity contribution in [1.29, 1.82) is 0 Å². The fraction of sp³-hybridized carbons (Fsp3) is 0.647. The molecule has 0 bridgehead atoms. The second kappa shape index (κ2) is 8.06. The van der Waals surface area contributed by atoms with Gasteiger partial charge in [-0.3, -0.25) is 0 Å². The zero-order valence-electron chi connectivity index (χ0n) is 13.1. The Morgan fingerprint density at radius 2 is 2.30 bits per heavy atom. The maximum atomic E-state index is 3.78. The molecule has 1 N–H and O–H groups in total. The highest BCUT2D eigenvalue weighted by Crippen LogP contribution is 2.20. The molecule has 2 nitrogen and oxygen atoms in total. The monoisotopic (exact) mass is 292 g/mol. The van der Waals surface area contributed by atoms with Gasteiger partial charge in [-0.1, -0.05) is 36.8 Å². The van der Waals surface area contributed by atoms with Crippen molar-refractivity contribution >= 4 is 11.8 Å². The molecule has 1 aromatic rings. The van der Waals surface area contributed by atoms with E-state index in [0.717, 1.165) is 13.0 Å². The largest absolute Gasteiger partial charge is 0.312 e. The van der Waals surface area contributed by atoms with E-state index < -0.39 is 0 Å². The molecule has 1 heterocycles. The summed E-state index contributed by atoms with van der Waals surface area (Å²) in [5.74, 6) is 2.53. The van der Waals surface area contributed by atoms with Gasteiger partial charge in [-0.15, -0.1) is 0 Å². The topological polar surface area (TPSA) is 15.3 Å². The molecular weight excluding hydrogens is 264 g/mol. The second-order valence-corrected chi connectivity index (χ2v) is 7.03. The molecule has 1 aromatic carbocycles. The van der Waals surface area contributed by atoms with Crippen LogP contribution >= 0.6 is 11.8 Å². The smallest absolute Gasteiger partial charge is 0.0340 e. The van der Waals surface area contributed by atoms with Gasteiger partial charge in [-0.05, 0) is 38.9 Å². The van der Waals surface area contributed by atoms with E-state index in [-0.39, 0.29) is 0 Å². The van der Waals surface area contributed by atoms with Gasteiger partial charge in [0.05, 0.1) is 0 Å². The Kier molecular flexibility index (Phi) is 6.40. The summed E-state index contributed by atoms with van der Waals surface area (Å²) < 4.78 is 0. The molecule has 0 radical (unpaired) electrons. The number of hydrogen-bond acceptors (Lipinski definition) is 3. The first-order valence-electron chi connectivity index (χ1n) is 7.77. The molecule has 0 spiro atoms. The SMILES string of the molecule is CCCNC(Cc1cccc(C)c1)C1CSCCN1C. The molecular formula is C17H28N2S. The van der Waals surface area contributed by atoms with Crippen molar-refractivity contribution in [2.75, 3.05) is 31.6 Å². The average Bonchev–Trinajstić information content (AvgIpc) is 2.44. The van der Waals surface area contributed by atoms with Crippen LogP contribution in [0.2, 0.25) is 0 Å². The molecule has 20 heavy (non-hydrogen) atoms. The number of nitrogens with one attached hydrogen (secondary N) is 1. The van der Waals surface area contributed by atoms with Crippen molar-refractivity contribution in [3.8, 4) is 0 Å². The van der Waals surface area contributed by atoms with Gasteiger partial charge in [0.25, 0.3) is 0 Å². The summed E-state index contributed by atoms with van der Waals surface area (Å²) in [6.45, 7) is 6.76. The molecule has 0 aliphatic carbocycles. The summed E-state index contributed by atoms with van der Waals surface area (Å²) in [4.78, 5) is 2.54. The lowest BCUT2D eigenvalue weighted by atomic mass is 9.98. The maximum Gasteiger partial charge on any atom is 0.0340 e. The Balaban J connectivity index is 2.06. The fourth-order valence-electron chi connectivity index (χ4n) is 2.90. The molecule has 0 amide bonds. The van der Waals surface area contributed by atoms with Crippen LogP contribution < -0.4 is 5.32 Å². The van der Waals surface area contributed by atoms with Crippen LogP contribution in [0.15, 0.2) is 24.3 Å². The van der Waals surface area contributed by atoms with Crippen LogP contribution in [0.3, 0.4) is 0 Å². The Morgan fingerprint density at radius 3 is 3.00 bits per heavy atom. The van der Waals surface area contributed by atoms with Crippen molar-refractivity contribution in [1.82, 2.24) is 10.2 Å². The summed E-state index contributed by atoms with van der Waals surface area (Å²) in [5, 5.41) is 3.78. The molecule has 2 rings (SSSR count). The van der Waals surface area contributed by atoms with Gasteiger partial charge < -0.3 is 10.2 Å². The van der Waals surface area contributed by atoms with Gasteiger partial charge in [-0.2, -0.15) is 11.8 Å². The zero-order chi connectivity index (χ0) is 14.4. The number of nitrogens with zero attached hydrogens (tertiary/aromatic N) is 1. The predicted octanol–water partition coefficient (Wildman–Crippen LogP) is 2.95. The van der Waals surface area contributed by atoms with E-state index in [1.54, 1.807) is 0 Å². The van der Waals surface area contributed by atoms with Gasteiger partial charge in [0.1, 0.15) is 0 Å². The second-order valence-electron chi connectivity index (χ2n) is 5.88. The fourth-order valence-corrected chi connectivity index (χ4v) is 4.21. The van der Waals surface area contributed by atoms with Crippen LogP contribution in [0.25, 0.3) is 0 Å². The van der Waals surface area contributed by atoms with E-state index in [1.165, 1.54) is 35.6 Å². The maximum absolute atomic E-state index is 3.78. The van der Waals surface area contributed by atoms with Crippen molar-refractivity contribution in [3.05, 3.63) is 35.4 Å². The number of thioether (sulfide) groups is 1. The quantitative estimate of drug-likeness (QED) is 0.868. The molecule has 1 fully saturated rings. The third kappa shape index (κ3) is 4.51. The Bertz CT molecular complexity index is 408. The third-order valence-corrected chi connectivity index (χ3v) is 5.15. The van der Waals surface area contributed by atoms with E-state index in [4.69, 9.17) is 0 Å². The van der Waals surface area contributed by atoms with Crippen molar-refractivity contribution in [2.45, 2.75) is 38.8 Å². The number of benzene rings is 1. The minimum absolute atomic E-state index is 0.564. The Hall–Kier alpha value is -0.510. The van der Waals surface area contributed by atoms with Crippen molar-refractivity contribution < 1.29 is 0 Å². The highest BCUT2D eigenvalue weighted by molar-refractivity contribution is 7.99. The summed E-state index contributed by atoms with van der Waals surface area (Å²) >= 11 is 2.10. The molecule has 0 aromatic heterocycles. The molecule has 2 atom stereocenters. The van der Waals surface area contributed by atoms with Crippen LogP contribution in [-0.2, 0) is 6.42 Å². The van der Waals surface area contributed by atoms with Gasteiger partial charge >= 0.3 is 0 Å². The first-order valence-corrected chi connectivity index (χ1v) is 8.93. The summed E-state index contributed by atoms with van der Waals surface area (Å²) in [7, 11) is 2.28. The van der Waals surface area contributed by atoms with Gasteiger partial charge in [0.15, 0.2) is 0 Å². The van der Waals surface area contributed by atoms with Crippen LogP contribution in [0.1, 0.15) is 24.5 Å². The molecule has 1 saturated heterocycles. The predicted molar refractivity (Wildman–Crippen MR) is 90.7 cm³/mol. The summed E-state index contributed by atoms with van der Waals surface area (Å²) in [5.41, 5.74) is 2.82. The van der Waals surface area contributed by atoms with Crippen LogP contribution in [0.4, 0.5) is 0 Å². The lowest BCUT2D eigenvalue weighted by Gasteiger charge is -2.38. The Morgan fingerprint density at radius 1 is 1.45 bits per heavy atom. The van der Waals surface area contributed by atoms with Crippen molar-refractivity contribution in [3.63, 3.8) is 0 Å². The molecule has 3 heteroatoms. The van der Waals surface area contributed by atoms with E-state index >= 15 is 0 Å². The van der Waals surface area contributed by atoms with Crippen LogP contribution in [0.5, 0.6) is 0 Å². The van der Waals surface area contributed by atoms with E-state index in [1.807, 2.05) is 0 Å². The van der Waals surface area contributed by atoms with Gasteiger partial charge in [0, 0.05) is 30.1 Å². The number of hydrogen-bond donors (Lipinski definition) is 1. The molecule has 2 unspecified atom stereocenters. The third-order valence-electron chi connectivity index (χ3n) is 4.10. The minimum Gasteiger partial charge on any atom is -0.312 e. The molecule has 1 aliphatic rings. The highest BCUT2D eigenvalue weighted by atomic mass is 32.2. The van der Waals surface area contributed by atoms with Gasteiger partial charge in [-0.25, -0.2) is 0 Å². The average molecular weight is 292 g/mol. The molecule has 0 saturated carbocycles. The number of likely N-dealkylation sites (N-methyl/N-ethyl adjacent to an activating group) is 1. The van der Waals surface area contributed by atoms with Crippen molar-refractivity contribution in [2.24, 2.45) is 0 Å². The van der Waals surface area contributed by atoms with Crippen LogP contribution in [0, 0.1) is 6.92 Å². The standard InChI is InChI=1S/C17H28N2S/c1-4-8-18-16(17-13-20-10-9-19(17)3)12-15-7-5-6-14(2)11-15/h5-7,11,16-18H,4,8-10,12-13H2,1-3H3. The molecule has 112 valence electrons. The number of aryl methyl sites for hydroxylation is 1. The first-order chi connectivity index (χ1) is 9.70. The zero-order valence-corrected chi connectivity index (χ0v) is 13.9. The lowest BCUT2D eigenvalue weighted by molar-refractivity contribution is 0.213. The van der Waals surface area contributed by atoms with E-state index in [9.17, 15) is 0 Å². The van der Waals surface area contributed by atoms with Crippen LogP contribution in [-0.4, -0.2) is 48.6 Å². The minimum atomic E-state index is 0.564. The normalized spacial score (nSPS) is 21.9. The summed E-state index contributed by atoms with van der Waals surface area (Å²) in [6, 6.07) is 10.2. The van der Waals surface area contributed by atoms with E-state index in [2.05, 4.69) is 67.1 Å². The van der Waals surface area contributed by atoms with E-state index in [0.29, 0.717) is 12.1 Å². The van der Waals surface area contributed by atoms with Gasteiger partial charge in [0.2, 0.25) is 0 Å². The first kappa shape index (κ1) is 15.9. The summed E-state index contributed by atoms with van der Waals surface area (Å²) in [6.07, 6.45) is 2.34. The Labute approximate surface area is 128 Å².